The number of aromatic nitrogens is 1. The van der Waals surface area contributed by atoms with Crippen LogP contribution in [-0.4, -0.2) is 18.1 Å². The van der Waals surface area contributed by atoms with E-state index in [-0.39, 0.29) is 5.41 Å². The van der Waals surface area contributed by atoms with Crippen LogP contribution < -0.4 is 5.32 Å². The van der Waals surface area contributed by atoms with E-state index in [1.807, 2.05) is 6.20 Å². The number of oxazole rings is 1. The summed E-state index contributed by atoms with van der Waals surface area (Å²) in [5.74, 6) is 1.89. The third-order valence-electron chi connectivity index (χ3n) is 3.28. The van der Waals surface area contributed by atoms with Gasteiger partial charge in [-0.1, -0.05) is 27.7 Å². The van der Waals surface area contributed by atoms with Gasteiger partial charge in [0.15, 0.2) is 5.89 Å². The van der Waals surface area contributed by atoms with Gasteiger partial charge in [-0.3, -0.25) is 0 Å². The Labute approximate surface area is 105 Å². The first-order chi connectivity index (χ1) is 8.10. The van der Waals surface area contributed by atoms with Crippen LogP contribution in [-0.2, 0) is 11.8 Å². The highest BCUT2D eigenvalue weighted by Gasteiger charge is 2.22. The molecule has 0 atom stereocenters. The molecule has 1 rings (SSSR count). The number of hydrogen-bond donors (Lipinski definition) is 1. The normalized spacial score (nSPS) is 12.0. The van der Waals surface area contributed by atoms with Gasteiger partial charge in [0.2, 0.25) is 0 Å². The molecule has 0 aliphatic carbocycles. The minimum Gasteiger partial charge on any atom is -0.445 e. The predicted octanol–water partition coefficient (Wildman–Crippen LogP) is 3.29. The van der Waals surface area contributed by atoms with Gasteiger partial charge >= 0.3 is 0 Å². The van der Waals surface area contributed by atoms with Crippen molar-refractivity contribution in [3.8, 4) is 0 Å². The first kappa shape index (κ1) is 14.2. The van der Waals surface area contributed by atoms with Crippen molar-refractivity contribution in [3.05, 3.63) is 17.8 Å². The fraction of sp³-hybridized carbons (Fsp3) is 0.786. The Hall–Kier alpha value is -0.830. The van der Waals surface area contributed by atoms with Gasteiger partial charge in [0.25, 0.3) is 0 Å². The molecule has 0 radical (unpaired) electrons. The first-order valence-corrected chi connectivity index (χ1v) is 6.76. The van der Waals surface area contributed by atoms with E-state index in [0.717, 1.165) is 44.0 Å². The first-order valence-electron chi connectivity index (χ1n) is 6.76. The van der Waals surface area contributed by atoms with Crippen molar-refractivity contribution in [1.29, 1.82) is 0 Å². The monoisotopic (exact) mass is 238 g/mol. The van der Waals surface area contributed by atoms with Crippen LogP contribution >= 0.6 is 0 Å². The van der Waals surface area contributed by atoms with Crippen LogP contribution in [0.5, 0.6) is 0 Å². The summed E-state index contributed by atoms with van der Waals surface area (Å²) in [7, 11) is 0. The smallest absolute Gasteiger partial charge is 0.194 e. The van der Waals surface area contributed by atoms with E-state index < -0.39 is 0 Å². The van der Waals surface area contributed by atoms with E-state index in [1.165, 1.54) is 6.42 Å². The standard InChI is InChI=1S/C14H26N2O/c1-5-9-15-10-7-8-13-16-11-12(17-13)14(3,4)6-2/h11,15H,5-10H2,1-4H3. The van der Waals surface area contributed by atoms with Crippen LogP contribution in [0.4, 0.5) is 0 Å². The molecule has 1 aromatic heterocycles. The Morgan fingerprint density at radius 2 is 2.06 bits per heavy atom. The third-order valence-corrected chi connectivity index (χ3v) is 3.28. The van der Waals surface area contributed by atoms with Gasteiger partial charge in [0.05, 0.1) is 6.20 Å². The zero-order valence-electron chi connectivity index (χ0n) is 11.7. The van der Waals surface area contributed by atoms with Crippen molar-refractivity contribution in [2.24, 2.45) is 0 Å². The maximum Gasteiger partial charge on any atom is 0.194 e. The molecule has 17 heavy (non-hydrogen) atoms. The van der Waals surface area contributed by atoms with Crippen molar-refractivity contribution >= 4 is 0 Å². The Morgan fingerprint density at radius 3 is 2.71 bits per heavy atom. The fourth-order valence-corrected chi connectivity index (χ4v) is 1.58. The van der Waals surface area contributed by atoms with E-state index >= 15 is 0 Å². The zero-order chi connectivity index (χ0) is 12.7. The zero-order valence-corrected chi connectivity index (χ0v) is 11.7. The van der Waals surface area contributed by atoms with Crippen LogP contribution in [0.1, 0.15) is 58.6 Å². The predicted molar refractivity (Wildman–Crippen MR) is 71.3 cm³/mol. The average molecular weight is 238 g/mol. The largest absolute Gasteiger partial charge is 0.445 e. The molecule has 0 saturated carbocycles. The molecule has 1 aromatic rings. The molecule has 3 nitrogen and oxygen atoms in total. The van der Waals surface area contributed by atoms with Crippen LogP contribution in [0.2, 0.25) is 0 Å². The maximum atomic E-state index is 5.81. The summed E-state index contributed by atoms with van der Waals surface area (Å²) < 4.78 is 5.81. The molecule has 0 spiro atoms. The molecule has 98 valence electrons. The number of nitrogens with one attached hydrogen (secondary N) is 1. The summed E-state index contributed by atoms with van der Waals surface area (Å²) in [4.78, 5) is 4.35. The van der Waals surface area contributed by atoms with E-state index in [1.54, 1.807) is 0 Å². The Balaban J connectivity index is 2.36. The summed E-state index contributed by atoms with van der Waals surface area (Å²) >= 11 is 0. The van der Waals surface area contributed by atoms with Crippen molar-refractivity contribution < 1.29 is 4.42 Å². The lowest BCUT2D eigenvalue weighted by atomic mass is 9.88. The quantitative estimate of drug-likeness (QED) is 0.706. The minimum absolute atomic E-state index is 0.103. The number of hydrogen-bond acceptors (Lipinski definition) is 3. The van der Waals surface area contributed by atoms with Crippen molar-refractivity contribution in [1.82, 2.24) is 10.3 Å². The SMILES string of the molecule is CCCNCCCc1ncc(C(C)(C)CC)o1. The van der Waals surface area contributed by atoms with Crippen LogP contribution in [0.15, 0.2) is 10.6 Å². The van der Waals surface area contributed by atoms with Gasteiger partial charge in [-0.05, 0) is 32.4 Å². The molecule has 1 heterocycles. The van der Waals surface area contributed by atoms with Crippen LogP contribution in [0.3, 0.4) is 0 Å². The summed E-state index contributed by atoms with van der Waals surface area (Å²) in [6.45, 7) is 10.9. The molecule has 1 N–H and O–H groups in total. The third kappa shape index (κ3) is 4.50. The Bertz CT molecular complexity index is 318. The maximum absolute atomic E-state index is 5.81. The van der Waals surface area contributed by atoms with Gasteiger partial charge in [-0.15, -0.1) is 0 Å². The summed E-state index contributed by atoms with van der Waals surface area (Å²) in [6.07, 6.45) is 6.16. The van der Waals surface area contributed by atoms with Crippen molar-refractivity contribution in [2.45, 2.75) is 58.8 Å². The molecule has 0 bridgehead atoms. The van der Waals surface area contributed by atoms with Crippen LogP contribution in [0.25, 0.3) is 0 Å². The van der Waals surface area contributed by atoms with E-state index in [4.69, 9.17) is 4.42 Å². The Kier molecular flexibility index (Phi) is 5.69. The highest BCUT2D eigenvalue weighted by Crippen LogP contribution is 2.27. The molecular weight excluding hydrogens is 212 g/mol. The van der Waals surface area contributed by atoms with E-state index in [0.29, 0.717) is 0 Å². The van der Waals surface area contributed by atoms with Crippen molar-refractivity contribution in [3.63, 3.8) is 0 Å². The molecule has 0 aliphatic rings. The summed E-state index contributed by atoms with van der Waals surface area (Å²) in [5.41, 5.74) is 0.103. The van der Waals surface area contributed by atoms with Crippen molar-refractivity contribution in [2.75, 3.05) is 13.1 Å². The summed E-state index contributed by atoms with van der Waals surface area (Å²) in [6, 6.07) is 0. The van der Waals surface area contributed by atoms with E-state index in [9.17, 15) is 0 Å². The lowest BCUT2D eigenvalue weighted by Gasteiger charge is -2.18. The molecule has 0 fully saturated rings. The van der Waals surface area contributed by atoms with Gasteiger partial charge in [0, 0.05) is 11.8 Å². The lowest BCUT2D eigenvalue weighted by molar-refractivity contribution is 0.353. The molecule has 0 unspecified atom stereocenters. The highest BCUT2D eigenvalue weighted by molar-refractivity contribution is 5.07. The summed E-state index contributed by atoms with van der Waals surface area (Å²) in [5, 5.41) is 3.38. The minimum atomic E-state index is 0.103. The van der Waals surface area contributed by atoms with Gasteiger partial charge in [-0.25, -0.2) is 4.98 Å². The number of rotatable bonds is 8. The molecular formula is C14H26N2O. The molecule has 0 saturated heterocycles. The molecule has 3 heteroatoms. The number of aryl methyl sites for hydroxylation is 1. The Morgan fingerprint density at radius 1 is 1.29 bits per heavy atom. The van der Waals surface area contributed by atoms with Crippen LogP contribution in [0, 0.1) is 0 Å². The van der Waals surface area contributed by atoms with Gasteiger partial charge < -0.3 is 9.73 Å². The molecule has 0 amide bonds. The van der Waals surface area contributed by atoms with Gasteiger partial charge in [-0.2, -0.15) is 0 Å². The second-order valence-electron chi connectivity index (χ2n) is 5.21. The highest BCUT2D eigenvalue weighted by atomic mass is 16.4. The average Bonchev–Trinajstić information content (AvgIpc) is 2.78. The van der Waals surface area contributed by atoms with Gasteiger partial charge in [0.1, 0.15) is 5.76 Å². The second kappa shape index (κ2) is 6.80. The topological polar surface area (TPSA) is 38.1 Å². The number of nitrogens with zero attached hydrogens (tertiary/aromatic N) is 1. The molecule has 0 aliphatic heterocycles. The lowest BCUT2D eigenvalue weighted by Crippen LogP contribution is -2.16. The van der Waals surface area contributed by atoms with E-state index in [2.05, 4.69) is 38.0 Å². The molecule has 0 aromatic carbocycles. The second-order valence-corrected chi connectivity index (χ2v) is 5.21. The fourth-order valence-electron chi connectivity index (χ4n) is 1.58.